The lowest BCUT2D eigenvalue weighted by Gasteiger charge is -2.22. The van der Waals surface area contributed by atoms with Gasteiger partial charge in [-0.2, -0.15) is 0 Å². The van der Waals surface area contributed by atoms with E-state index in [9.17, 15) is 10.2 Å². The zero-order valence-corrected chi connectivity index (χ0v) is 23.1. The van der Waals surface area contributed by atoms with Crippen LogP contribution in [0.25, 0.3) is 0 Å². The molecule has 0 bridgehead atoms. The van der Waals surface area contributed by atoms with Crippen LogP contribution in [0, 0.1) is 23.7 Å². The van der Waals surface area contributed by atoms with E-state index in [1.165, 1.54) is 90.3 Å². The maximum Gasteiger partial charge on any atom is 0.0723 e. The highest BCUT2D eigenvalue weighted by Crippen LogP contribution is 2.48. The lowest BCUT2D eigenvalue weighted by molar-refractivity contribution is 0.139. The summed E-state index contributed by atoms with van der Waals surface area (Å²) in [4.78, 5) is 2.68. The summed E-state index contributed by atoms with van der Waals surface area (Å²) in [7, 11) is 0. The third kappa shape index (κ3) is 10.5. The van der Waals surface area contributed by atoms with Gasteiger partial charge in [0.2, 0.25) is 0 Å². The van der Waals surface area contributed by atoms with Gasteiger partial charge in [0.25, 0.3) is 0 Å². The van der Waals surface area contributed by atoms with Crippen molar-refractivity contribution in [3.63, 3.8) is 0 Å². The zero-order chi connectivity index (χ0) is 24.8. The first kappa shape index (κ1) is 29.6. The summed E-state index contributed by atoms with van der Waals surface area (Å²) in [6, 6.07) is 0. The Labute approximate surface area is 212 Å². The van der Waals surface area contributed by atoms with Crippen molar-refractivity contribution in [2.45, 2.75) is 130 Å². The van der Waals surface area contributed by atoms with E-state index in [0.717, 1.165) is 19.3 Å². The molecule has 3 heteroatoms. The van der Waals surface area contributed by atoms with Crippen molar-refractivity contribution in [3.8, 4) is 0 Å². The molecule has 3 nitrogen and oxygen atoms in total. The molecular formula is C31H57NO2. The Kier molecular flexibility index (Phi) is 14.7. The maximum absolute atomic E-state index is 10.6. The molecule has 1 fully saturated rings. The number of aliphatic hydroxyl groups is 2. The number of fused-ring (bicyclic) bond motifs is 1. The summed E-state index contributed by atoms with van der Waals surface area (Å²) in [5, 5.41) is 21.1. The molecule has 0 unspecified atom stereocenters. The monoisotopic (exact) mass is 475 g/mol. The van der Waals surface area contributed by atoms with Gasteiger partial charge in [-0.1, -0.05) is 90.0 Å². The Hall–Kier alpha value is -0.640. The Morgan fingerprint density at radius 2 is 1.65 bits per heavy atom. The van der Waals surface area contributed by atoms with Crippen LogP contribution < -0.4 is 0 Å². The van der Waals surface area contributed by atoms with Crippen molar-refractivity contribution in [3.05, 3.63) is 23.8 Å². The number of hydrogen-bond donors (Lipinski definition) is 2. The van der Waals surface area contributed by atoms with Gasteiger partial charge in [-0.05, 0) is 88.8 Å². The van der Waals surface area contributed by atoms with Crippen molar-refractivity contribution in [1.82, 2.24) is 4.90 Å². The van der Waals surface area contributed by atoms with Gasteiger partial charge in [0.1, 0.15) is 0 Å². The summed E-state index contributed by atoms with van der Waals surface area (Å²) in [6.45, 7) is 12.9. The van der Waals surface area contributed by atoms with Crippen molar-refractivity contribution >= 4 is 0 Å². The molecule has 0 heterocycles. The van der Waals surface area contributed by atoms with Crippen molar-refractivity contribution < 1.29 is 10.2 Å². The predicted molar refractivity (Wildman–Crippen MR) is 147 cm³/mol. The molecule has 198 valence electrons. The van der Waals surface area contributed by atoms with E-state index in [1.807, 2.05) is 6.08 Å². The molecule has 34 heavy (non-hydrogen) atoms. The third-order valence-electron chi connectivity index (χ3n) is 8.33. The summed E-state index contributed by atoms with van der Waals surface area (Å²) in [5.41, 5.74) is 1.63. The van der Waals surface area contributed by atoms with Gasteiger partial charge in [-0.25, -0.2) is 0 Å². The number of unbranched alkanes of at least 4 members (excludes halogenated alkanes) is 5. The molecule has 0 saturated heterocycles. The van der Waals surface area contributed by atoms with Crippen LogP contribution in [0.2, 0.25) is 0 Å². The Morgan fingerprint density at radius 1 is 0.971 bits per heavy atom. The van der Waals surface area contributed by atoms with Crippen LogP contribution >= 0.6 is 0 Å². The quantitative estimate of drug-likeness (QED) is 0.150. The lowest BCUT2D eigenvalue weighted by Crippen LogP contribution is -2.27. The topological polar surface area (TPSA) is 43.7 Å². The average molecular weight is 476 g/mol. The first-order valence-corrected chi connectivity index (χ1v) is 14.9. The highest BCUT2D eigenvalue weighted by molar-refractivity contribution is 5.21. The van der Waals surface area contributed by atoms with Crippen molar-refractivity contribution in [2.24, 2.45) is 23.7 Å². The van der Waals surface area contributed by atoms with Gasteiger partial charge in [0.05, 0.1) is 12.2 Å². The molecule has 6 atom stereocenters. The molecule has 0 spiro atoms. The summed E-state index contributed by atoms with van der Waals surface area (Å²) < 4.78 is 0. The first-order valence-electron chi connectivity index (χ1n) is 14.9. The second-order valence-corrected chi connectivity index (χ2v) is 11.5. The van der Waals surface area contributed by atoms with Gasteiger partial charge in [0.15, 0.2) is 0 Å². The van der Waals surface area contributed by atoms with E-state index < -0.39 is 0 Å². The van der Waals surface area contributed by atoms with Crippen LogP contribution in [0.1, 0.15) is 118 Å². The number of aliphatic hydroxyl groups excluding tert-OH is 2. The fourth-order valence-electron chi connectivity index (χ4n) is 6.17. The Bertz CT molecular complexity index is 578. The lowest BCUT2D eigenvalue weighted by atomic mass is 9.88. The minimum absolute atomic E-state index is 0.213. The molecule has 2 aliphatic rings. The molecule has 0 radical (unpaired) electrons. The standard InChI is InChI=1S/C31H57NO2/c1-5-8-14-25(4)21-28(33)16-17-29-30-23-26(22-27(30)24-31(29)34)15-12-11-13-20-32(18-9-6-2)19-10-7-3/h16-17,22,25,27-31,33-34H,5-15,18-21,23-24H2,1-4H3/t25-,27-,28+,29+,30-,31+/m0/s1. The molecule has 2 rings (SSSR count). The fraction of sp³-hybridized carbons (Fsp3) is 0.871. The van der Waals surface area contributed by atoms with Crippen LogP contribution in [-0.4, -0.2) is 47.0 Å². The zero-order valence-electron chi connectivity index (χ0n) is 23.1. The largest absolute Gasteiger partial charge is 0.392 e. The molecule has 0 amide bonds. The fourth-order valence-corrected chi connectivity index (χ4v) is 6.17. The SMILES string of the molecule is CCCC[C@H](C)C[C@H](O)C=C[C@@H]1[C@H]2CC(CCCCCN(CCCC)CCCC)=C[C@H]2C[C@H]1O. The van der Waals surface area contributed by atoms with Crippen LogP contribution in [0.3, 0.4) is 0 Å². The van der Waals surface area contributed by atoms with Gasteiger partial charge >= 0.3 is 0 Å². The maximum atomic E-state index is 10.6. The van der Waals surface area contributed by atoms with Gasteiger partial charge < -0.3 is 15.1 Å². The molecular weight excluding hydrogens is 418 g/mol. The van der Waals surface area contributed by atoms with Crippen LogP contribution in [0.5, 0.6) is 0 Å². The highest BCUT2D eigenvalue weighted by atomic mass is 16.3. The summed E-state index contributed by atoms with van der Waals surface area (Å²) in [5.74, 6) is 1.86. The summed E-state index contributed by atoms with van der Waals surface area (Å²) >= 11 is 0. The second kappa shape index (κ2) is 16.9. The molecule has 1 saturated carbocycles. The normalized spacial score (nSPS) is 26.4. The Balaban J connectivity index is 1.70. The molecule has 0 aromatic rings. The van der Waals surface area contributed by atoms with Crippen molar-refractivity contribution in [1.29, 1.82) is 0 Å². The molecule has 2 aliphatic carbocycles. The van der Waals surface area contributed by atoms with E-state index in [4.69, 9.17) is 0 Å². The first-order chi connectivity index (χ1) is 16.5. The minimum atomic E-state index is -0.374. The average Bonchev–Trinajstić information content (AvgIpc) is 3.33. The van der Waals surface area contributed by atoms with Crippen LogP contribution in [0.4, 0.5) is 0 Å². The number of hydrogen-bond acceptors (Lipinski definition) is 3. The van der Waals surface area contributed by atoms with E-state index in [-0.39, 0.29) is 18.1 Å². The smallest absolute Gasteiger partial charge is 0.0723 e. The summed E-state index contributed by atoms with van der Waals surface area (Å²) in [6.07, 6.45) is 23.0. The Morgan fingerprint density at radius 3 is 2.32 bits per heavy atom. The minimum Gasteiger partial charge on any atom is -0.392 e. The highest BCUT2D eigenvalue weighted by Gasteiger charge is 2.43. The number of rotatable bonds is 19. The molecule has 0 aromatic heterocycles. The van der Waals surface area contributed by atoms with E-state index in [2.05, 4.69) is 44.7 Å². The molecule has 2 N–H and O–H groups in total. The second-order valence-electron chi connectivity index (χ2n) is 11.5. The van der Waals surface area contributed by atoms with Crippen molar-refractivity contribution in [2.75, 3.05) is 19.6 Å². The predicted octanol–water partition coefficient (Wildman–Crippen LogP) is 7.53. The molecule has 0 aromatic carbocycles. The molecule has 0 aliphatic heterocycles. The van der Waals surface area contributed by atoms with E-state index in [0.29, 0.717) is 17.8 Å². The third-order valence-corrected chi connectivity index (χ3v) is 8.33. The van der Waals surface area contributed by atoms with E-state index >= 15 is 0 Å². The van der Waals surface area contributed by atoms with Crippen LogP contribution in [0.15, 0.2) is 23.8 Å². The van der Waals surface area contributed by atoms with Gasteiger partial charge in [-0.3, -0.25) is 0 Å². The van der Waals surface area contributed by atoms with E-state index in [1.54, 1.807) is 5.57 Å². The van der Waals surface area contributed by atoms with Gasteiger partial charge in [0, 0.05) is 5.92 Å². The number of allylic oxidation sites excluding steroid dienone is 2. The van der Waals surface area contributed by atoms with Gasteiger partial charge in [-0.15, -0.1) is 0 Å². The van der Waals surface area contributed by atoms with Crippen LogP contribution in [-0.2, 0) is 0 Å². The number of nitrogens with zero attached hydrogens (tertiary/aromatic N) is 1.